The van der Waals surface area contributed by atoms with Gasteiger partial charge in [-0.1, -0.05) is 0 Å². The summed E-state index contributed by atoms with van der Waals surface area (Å²) in [4.78, 5) is -0.859. The fourth-order valence-corrected chi connectivity index (χ4v) is 1.57. The molecule has 5 nitrogen and oxygen atoms in total. The standard InChI is InChI=1S/C7H6F3NO4S/c8-7(9,10)15-5-3-4(12)1-2-6(5)16(11,13)14/h1-3,12H,(H2,11,13,14). The highest BCUT2D eigenvalue weighted by atomic mass is 32.2. The summed E-state index contributed by atoms with van der Waals surface area (Å²) in [5.74, 6) is -1.65. The monoisotopic (exact) mass is 257 g/mol. The molecule has 0 unspecified atom stereocenters. The van der Waals surface area contributed by atoms with Gasteiger partial charge in [0.05, 0.1) is 0 Å². The number of hydrogen-bond acceptors (Lipinski definition) is 4. The average Bonchev–Trinajstić information content (AvgIpc) is 1.97. The van der Waals surface area contributed by atoms with Crippen molar-refractivity contribution in [2.45, 2.75) is 11.3 Å². The molecular weight excluding hydrogens is 251 g/mol. The van der Waals surface area contributed by atoms with Gasteiger partial charge in [0.25, 0.3) is 0 Å². The lowest BCUT2D eigenvalue weighted by Gasteiger charge is -2.12. The Morgan fingerprint density at radius 1 is 1.31 bits per heavy atom. The Kier molecular flexibility index (Phi) is 3.01. The minimum Gasteiger partial charge on any atom is -0.508 e. The second-order valence-electron chi connectivity index (χ2n) is 2.72. The molecule has 16 heavy (non-hydrogen) atoms. The summed E-state index contributed by atoms with van der Waals surface area (Å²) in [6.07, 6.45) is -5.08. The lowest BCUT2D eigenvalue weighted by atomic mass is 10.3. The van der Waals surface area contributed by atoms with Gasteiger partial charge in [-0.15, -0.1) is 13.2 Å². The highest BCUT2D eigenvalue weighted by molar-refractivity contribution is 7.89. The van der Waals surface area contributed by atoms with E-state index in [2.05, 4.69) is 9.88 Å². The lowest BCUT2D eigenvalue weighted by molar-refractivity contribution is -0.275. The molecule has 0 radical (unpaired) electrons. The number of alkyl halides is 3. The molecule has 0 atom stereocenters. The molecule has 90 valence electrons. The second kappa shape index (κ2) is 3.83. The largest absolute Gasteiger partial charge is 0.573 e. The van der Waals surface area contributed by atoms with E-state index in [4.69, 9.17) is 5.11 Å². The van der Waals surface area contributed by atoms with Crippen molar-refractivity contribution in [3.05, 3.63) is 18.2 Å². The Hall–Kier alpha value is -1.48. The maximum absolute atomic E-state index is 11.9. The van der Waals surface area contributed by atoms with Crippen LogP contribution in [0.25, 0.3) is 0 Å². The van der Waals surface area contributed by atoms with Crippen molar-refractivity contribution in [3.8, 4) is 11.5 Å². The first-order chi connectivity index (χ1) is 7.09. The summed E-state index contributed by atoms with van der Waals surface area (Å²) in [5, 5.41) is 13.6. The Morgan fingerprint density at radius 2 is 1.88 bits per heavy atom. The lowest BCUT2D eigenvalue weighted by Crippen LogP contribution is -2.20. The van der Waals surface area contributed by atoms with Crippen molar-refractivity contribution in [1.29, 1.82) is 0 Å². The Labute approximate surface area is 88.3 Å². The average molecular weight is 257 g/mol. The van der Waals surface area contributed by atoms with E-state index in [1.165, 1.54) is 0 Å². The molecular formula is C7H6F3NO4S. The van der Waals surface area contributed by atoms with E-state index in [0.29, 0.717) is 12.1 Å². The van der Waals surface area contributed by atoms with Crippen molar-refractivity contribution in [3.63, 3.8) is 0 Å². The summed E-state index contributed by atoms with van der Waals surface area (Å²) in [6.45, 7) is 0. The van der Waals surface area contributed by atoms with E-state index < -0.39 is 32.8 Å². The topological polar surface area (TPSA) is 89.6 Å². The Bertz CT molecular complexity index is 497. The number of ether oxygens (including phenoxy) is 1. The quantitative estimate of drug-likeness (QED) is 0.825. The fraction of sp³-hybridized carbons (Fsp3) is 0.143. The molecule has 0 aliphatic carbocycles. The van der Waals surface area contributed by atoms with Gasteiger partial charge in [-0.2, -0.15) is 0 Å². The third kappa shape index (κ3) is 3.28. The SMILES string of the molecule is NS(=O)(=O)c1ccc(O)cc1OC(F)(F)F. The van der Waals surface area contributed by atoms with Crippen LogP contribution in [0.4, 0.5) is 13.2 Å². The van der Waals surface area contributed by atoms with Crippen LogP contribution >= 0.6 is 0 Å². The van der Waals surface area contributed by atoms with Gasteiger partial charge in [-0.25, -0.2) is 13.6 Å². The molecule has 0 amide bonds. The molecule has 0 aromatic heterocycles. The smallest absolute Gasteiger partial charge is 0.508 e. The Morgan fingerprint density at radius 3 is 2.31 bits per heavy atom. The van der Waals surface area contributed by atoms with Crippen molar-refractivity contribution in [2.75, 3.05) is 0 Å². The van der Waals surface area contributed by atoms with Crippen LogP contribution in [-0.4, -0.2) is 19.9 Å². The third-order valence-electron chi connectivity index (χ3n) is 1.46. The Balaban J connectivity index is 3.30. The number of rotatable bonds is 2. The number of hydrogen-bond donors (Lipinski definition) is 2. The minimum atomic E-state index is -5.08. The molecule has 0 aliphatic rings. The van der Waals surface area contributed by atoms with E-state index in [1.54, 1.807) is 0 Å². The van der Waals surface area contributed by atoms with Crippen LogP contribution in [0, 0.1) is 0 Å². The first kappa shape index (κ1) is 12.6. The maximum Gasteiger partial charge on any atom is 0.573 e. The number of benzene rings is 1. The van der Waals surface area contributed by atoms with Gasteiger partial charge in [0, 0.05) is 6.07 Å². The first-order valence-electron chi connectivity index (χ1n) is 3.71. The predicted molar refractivity (Wildman–Crippen MR) is 46.2 cm³/mol. The number of phenols is 1. The van der Waals surface area contributed by atoms with Gasteiger partial charge in [-0.05, 0) is 12.1 Å². The van der Waals surface area contributed by atoms with Gasteiger partial charge in [0.2, 0.25) is 10.0 Å². The van der Waals surface area contributed by atoms with E-state index in [-0.39, 0.29) is 0 Å². The van der Waals surface area contributed by atoms with Crippen LogP contribution in [0.3, 0.4) is 0 Å². The van der Waals surface area contributed by atoms with Crippen LogP contribution in [0.1, 0.15) is 0 Å². The molecule has 1 aromatic carbocycles. The van der Waals surface area contributed by atoms with Crippen molar-refractivity contribution < 1.29 is 31.4 Å². The number of aromatic hydroxyl groups is 1. The summed E-state index contributed by atoms with van der Waals surface area (Å²) in [7, 11) is -4.36. The first-order valence-corrected chi connectivity index (χ1v) is 5.26. The minimum absolute atomic E-state index is 0.507. The highest BCUT2D eigenvalue weighted by Gasteiger charge is 2.33. The van der Waals surface area contributed by atoms with Crippen LogP contribution < -0.4 is 9.88 Å². The van der Waals surface area contributed by atoms with Crippen LogP contribution in [0.2, 0.25) is 0 Å². The summed E-state index contributed by atoms with van der Waals surface area (Å²) < 4.78 is 60.9. The third-order valence-corrected chi connectivity index (χ3v) is 2.41. The van der Waals surface area contributed by atoms with E-state index >= 15 is 0 Å². The summed E-state index contributed by atoms with van der Waals surface area (Å²) in [5.41, 5.74) is 0. The molecule has 0 aliphatic heterocycles. The summed E-state index contributed by atoms with van der Waals surface area (Å²) >= 11 is 0. The van der Waals surface area contributed by atoms with Crippen molar-refractivity contribution >= 4 is 10.0 Å². The zero-order valence-electron chi connectivity index (χ0n) is 7.52. The van der Waals surface area contributed by atoms with Crippen LogP contribution in [0.5, 0.6) is 11.5 Å². The number of phenolic OH excluding ortho intramolecular Hbond substituents is 1. The van der Waals surface area contributed by atoms with E-state index in [0.717, 1.165) is 6.07 Å². The molecule has 0 bridgehead atoms. The van der Waals surface area contributed by atoms with E-state index in [9.17, 15) is 21.6 Å². The molecule has 0 saturated heterocycles. The summed E-state index contributed by atoms with van der Waals surface area (Å²) in [6, 6.07) is 2.10. The van der Waals surface area contributed by atoms with Gasteiger partial charge in [0.15, 0.2) is 5.75 Å². The number of halogens is 3. The molecule has 3 N–H and O–H groups in total. The van der Waals surface area contributed by atoms with Gasteiger partial charge < -0.3 is 9.84 Å². The predicted octanol–water partition coefficient (Wildman–Crippen LogP) is 0.938. The number of nitrogens with two attached hydrogens (primary N) is 1. The normalized spacial score (nSPS) is 12.5. The van der Waals surface area contributed by atoms with Gasteiger partial charge in [-0.3, -0.25) is 0 Å². The van der Waals surface area contributed by atoms with Crippen molar-refractivity contribution in [2.24, 2.45) is 5.14 Å². The fourth-order valence-electron chi connectivity index (χ4n) is 0.936. The molecule has 0 saturated carbocycles. The van der Waals surface area contributed by atoms with Crippen LogP contribution in [-0.2, 0) is 10.0 Å². The van der Waals surface area contributed by atoms with Crippen LogP contribution in [0.15, 0.2) is 23.1 Å². The zero-order chi connectivity index (χ0) is 12.6. The molecule has 0 heterocycles. The molecule has 1 aromatic rings. The number of primary sulfonamides is 1. The second-order valence-corrected chi connectivity index (χ2v) is 4.25. The molecule has 0 spiro atoms. The molecule has 1 rings (SSSR count). The van der Waals surface area contributed by atoms with E-state index in [1.807, 2.05) is 0 Å². The van der Waals surface area contributed by atoms with Gasteiger partial charge in [0.1, 0.15) is 10.6 Å². The molecule has 0 fully saturated rings. The number of sulfonamides is 1. The zero-order valence-corrected chi connectivity index (χ0v) is 8.34. The maximum atomic E-state index is 11.9. The van der Waals surface area contributed by atoms with Crippen molar-refractivity contribution in [1.82, 2.24) is 0 Å². The molecule has 9 heteroatoms. The van der Waals surface area contributed by atoms with Gasteiger partial charge >= 0.3 is 6.36 Å². The highest BCUT2D eigenvalue weighted by Crippen LogP contribution is 2.31.